The van der Waals surface area contributed by atoms with Crippen LogP contribution in [0.15, 0.2) is 30.3 Å². The number of carbonyl (C=O) groups is 2. The first kappa shape index (κ1) is 34.4. The van der Waals surface area contributed by atoms with Crippen molar-refractivity contribution in [3.05, 3.63) is 57.0 Å². The van der Waals surface area contributed by atoms with Gasteiger partial charge in [-0.05, 0) is 69.0 Å². The first-order chi connectivity index (χ1) is 24.7. The highest BCUT2D eigenvalue weighted by Crippen LogP contribution is 2.49. The van der Waals surface area contributed by atoms with Crippen LogP contribution in [-0.2, 0) is 22.6 Å². The summed E-state index contributed by atoms with van der Waals surface area (Å²) in [6.07, 6.45) is 5.63. The number of carbonyl (C=O) groups excluding carboxylic acids is 1. The highest BCUT2D eigenvalue weighted by Gasteiger charge is 2.34. The molecule has 6 heterocycles. The van der Waals surface area contributed by atoms with Gasteiger partial charge in [0.2, 0.25) is 5.91 Å². The monoisotopic (exact) mass is 726 g/mol. The predicted octanol–water partition coefficient (Wildman–Crippen LogP) is 7.01. The van der Waals surface area contributed by atoms with Crippen LogP contribution in [0.5, 0.6) is 0 Å². The molecule has 1 saturated carbocycles. The zero-order valence-corrected chi connectivity index (χ0v) is 31.4. The molecule has 1 amide bonds. The Hall–Kier alpha value is -3.68. The Balaban J connectivity index is 1.32. The predicted molar refractivity (Wildman–Crippen MR) is 204 cm³/mol. The van der Waals surface area contributed by atoms with Gasteiger partial charge in [-0.15, -0.1) is 22.7 Å². The summed E-state index contributed by atoms with van der Waals surface area (Å²) in [7, 11) is 2.13. The lowest BCUT2D eigenvalue weighted by atomic mass is 9.83. The summed E-state index contributed by atoms with van der Waals surface area (Å²) in [6, 6.07) is 10.7. The van der Waals surface area contributed by atoms with E-state index in [-0.39, 0.29) is 12.5 Å². The molecule has 1 aliphatic carbocycles. The lowest BCUT2D eigenvalue weighted by molar-refractivity contribution is -0.135. The minimum Gasteiger partial charge on any atom is -0.477 e. The van der Waals surface area contributed by atoms with Gasteiger partial charge < -0.3 is 24.2 Å². The molecule has 8 rings (SSSR count). The van der Waals surface area contributed by atoms with Crippen LogP contribution in [0.25, 0.3) is 42.9 Å². The van der Waals surface area contributed by atoms with E-state index in [9.17, 15) is 14.7 Å². The SMILES string of the molecule is Cc1nc(C)c(-c2ccc3cc(-c4c(C5CCCCC5)c5sc(C(=O)O)c(CN6CCN(C)CC6)c5n4CC(=O)N4CCOCC4)ccc3n2)s1. The van der Waals surface area contributed by atoms with E-state index in [1.807, 2.05) is 18.7 Å². The Bertz CT molecular complexity index is 2100. The molecule has 0 unspecified atom stereocenters. The normalized spacial score (nSPS) is 18.3. The molecule has 12 heteroatoms. The molecule has 0 bridgehead atoms. The number of rotatable bonds is 8. The van der Waals surface area contributed by atoms with Crippen molar-refractivity contribution < 1.29 is 19.4 Å². The first-order valence-electron chi connectivity index (χ1n) is 18.3. The fraction of sp³-hybridized carbons (Fsp3) is 0.487. The number of aryl methyl sites for hydroxylation is 2. The Morgan fingerprint density at radius 3 is 2.41 bits per heavy atom. The van der Waals surface area contributed by atoms with Gasteiger partial charge in [0.25, 0.3) is 0 Å². The zero-order valence-electron chi connectivity index (χ0n) is 29.7. The minimum atomic E-state index is -0.888. The van der Waals surface area contributed by atoms with Gasteiger partial charge in [-0.1, -0.05) is 31.4 Å². The third-order valence-corrected chi connectivity index (χ3v) is 13.3. The van der Waals surface area contributed by atoms with Crippen LogP contribution in [0.2, 0.25) is 0 Å². The number of thiazole rings is 1. The van der Waals surface area contributed by atoms with Crippen LogP contribution in [0.3, 0.4) is 0 Å². The summed E-state index contributed by atoms with van der Waals surface area (Å²) in [5.74, 6) is -0.550. The number of carboxylic acid groups (broad SMARTS) is 1. The van der Waals surface area contributed by atoms with E-state index in [4.69, 9.17) is 9.72 Å². The van der Waals surface area contributed by atoms with Crippen molar-refractivity contribution in [2.45, 2.75) is 65.0 Å². The number of nitrogens with zero attached hydrogens (tertiary/aromatic N) is 6. The summed E-state index contributed by atoms with van der Waals surface area (Å²) in [6.45, 7) is 10.6. The van der Waals surface area contributed by atoms with E-state index in [2.05, 4.69) is 56.7 Å². The van der Waals surface area contributed by atoms with E-state index in [1.54, 1.807) is 11.3 Å². The van der Waals surface area contributed by atoms with Crippen molar-refractivity contribution in [3.63, 3.8) is 0 Å². The molecule has 3 fully saturated rings. The highest BCUT2D eigenvalue weighted by molar-refractivity contribution is 7.21. The second kappa shape index (κ2) is 14.4. The molecule has 1 N–H and O–H groups in total. The van der Waals surface area contributed by atoms with Crippen molar-refractivity contribution >= 4 is 55.7 Å². The van der Waals surface area contributed by atoms with Gasteiger partial charge in [0.05, 0.1) is 55.9 Å². The van der Waals surface area contributed by atoms with E-state index in [1.165, 1.54) is 23.3 Å². The average molecular weight is 727 g/mol. The molecule has 2 saturated heterocycles. The summed E-state index contributed by atoms with van der Waals surface area (Å²) in [5.41, 5.74) is 7.92. The average Bonchev–Trinajstić information content (AvgIpc) is 3.79. The lowest BCUT2D eigenvalue weighted by Crippen LogP contribution is -2.44. The maximum absolute atomic E-state index is 14.2. The van der Waals surface area contributed by atoms with Crippen LogP contribution in [0.1, 0.15) is 69.5 Å². The fourth-order valence-electron chi connectivity index (χ4n) is 8.29. The number of amides is 1. The van der Waals surface area contributed by atoms with E-state index < -0.39 is 5.97 Å². The fourth-order valence-corrected chi connectivity index (χ4v) is 10.5. The van der Waals surface area contributed by atoms with Crippen molar-refractivity contribution in [2.75, 3.05) is 59.5 Å². The largest absolute Gasteiger partial charge is 0.477 e. The Morgan fingerprint density at radius 1 is 0.941 bits per heavy atom. The van der Waals surface area contributed by atoms with Crippen LogP contribution in [-0.4, -0.2) is 106 Å². The third-order valence-electron chi connectivity index (χ3n) is 11.0. The summed E-state index contributed by atoms with van der Waals surface area (Å²) in [5, 5.41) is 12.7. The molecular formula is C39H46N6O4S2. The minimum absolute atomic E-state index is 0.0441. The molecule has 1 aromatic carbocycles. The maximum atomic E-state index is 14.2. The molecular weight excluding hydrogens is 681 g/mol. The number of aromatic nitrogens is 3. The molecule has 0 radical (unpaired) electrons. The molecule has 0 atom stereocenters. The molecule has 2 aliphatic heterocycles. The van der Waals surface area contributed by atoms with Crippen LogP contribution in [0, 0.1) is 13.8 Å². The number of likely N-dealkylation sites (N-methyl/N-ethyl adjacent to an activating group) is 1. The number of fused-ring (bicyclic) bond motifs is 2. The third kappa shape index (κ3) is 6.72. The Kier molecular flexibility index (Phi) is 9.71. The molecule has 0 spiro atoms. The lowest BCUT2D eigenvalue weighted by Gasteiger charge is -2.32. The Labute approximate surface area is 306 Å². The standard InChI is InChI=1S/C39H46N6O4S2/c1-24-36(50-25(2)40-24)31-12-9-27-21-28(10-11-30(27)41-31)34-33(26-7-5-4-6-8-26)38-35(45(34)23-32(46)44-17-19-49-20-18-44)29(37(51-38)39(47)48)22-43-15-13-42(3)14-16-43/h9-12,21,26H,4-8,13-20,22-23H2,1-3H3,(H,47,48). The molecule has 268 valence electrons. The van der Waals surface area contributed by atoms with Crippen molar-refractivity contribution in [3.8, 4) is 21.8 Å². The quantitative estimate of drug-likeness (QED) is 0.182. The summed E-state index contributed by atoms with van der Waals surface area (Å²) in [4.78, 5) is 44.9. The number of carboxylic acids is 1. The molecule has 10 nitrogen and oxygen atoms in total. The summed E-state index contributed by atoms with van der Waals surface area (Å²) < 4.78 is 8.84. The molecule has 5 aromatic rings. The zero-order chi connectivity index (χ0) is 35.2. The van der Waals surface area contributed by atoms with E-state index in [0.717, 1.165) is 111 Å². The number of hydrogen-bond donors (Lipinski definition) is 1. The second-order valence-corrected chi connectivity index (χ2v) is 16.6. The Morgan fingerprint density at radius 2 is 1.71 bits per heavy atom. The topological polar surface area (TPSA) is 104 Å². The first-order valence-corrected chi connectivity index (χ1v) is 19.9. The maximum Gasteiger partial charge on any atom is 0.346 e. The number of ether oxygens (including phenoxy) is 1. The number of morpholine rings is 1. The van der Waals surface area contributed by atoms with Gasteiger partial charge in [0.1, 0.15) is 11.4 Å². The van der Waals surface area contributed by atoms with Crippen LogP contribution >= 0.6 is 22.7 Å². The molecule has 3 aliphatic rings. The van der Waals surface area contributed by atoms with Crippen LogP contribution in [0.4, 0.5) is 0 Å². The van der Waals surface area contributed by atoms with Crippen molar-refractivity contribution in [1.29, 1.82) is 0 Å². The van der Waals surface area contributed by atoms with E-state index in [0.29, 0.717) is 43.6 Å². The van der Waals surface area contributed by atoms with Gasteiger partial charge >= 0.3 is 5.97 Å². The van der Waals surface area contributed by atoms with Gasteiger partial charge in [-0.2, -0.15) is 0 Å². The van der Waals surface area contributed by atoms with Crippen molar-refractivity contribution in [1.82, 2.24) is 29.2 Å². The second-order valence-electron chi connectivity index (χ2n) is 14.4. The number of pyridine rings is 1. The molecule has 51 heavy (non-hydrogen) atoms. The number of aromatic carboxylic acids is 1. The number of thiophene rings is 1. The van der Waals surface area contributed by atoms with Gasteiger partial charge in [0.15, 0.2) is 0 Å². The van der Waals surface area contributed by atoms with Gasteiger partial charge in [-0.3, -0.25) is 9.69 Å². The number of benzene rings is 1. The van der Waals surface area contributed by atoms with E-state index >= 15 is 0 Å². The van der Waals surface area contributed by atoms with Gasteiger partial charge in [0, 0.05) is 56.8 Å². The number of hydrogen-bond acceptors (Lipinski definition) is 9. The smallest absolute Gasteiger partial charge is 0.346 e. The number of piperazine rings is 1. The summed E-state index contributed by atoms with van der Waals surface area (Å²) >= 11 is 3.09. The molecule has 4 aromatic heterocycles. The van der Waals surface area contributed by atoms with Crippen LogP contribution < -0.4 is 0 Å². The van der Waals surface area contributed by atoms with Gasteiger partial charge in [-0.25, -0.2) is 14.8 Å². The highest BCUT2D eigenvalue weighted by atomic mass is 32.1. The van der Waals surface area contributed by atoms with Crippen molar-refractivity contribution in [2.24, 2.45) is 0 Å².